The minimum atomic E-state index is -0.513. The van der Waals surface area contributed by atoms with Gasteiger partial charge < -0.3 is 10.2 Å². The molecule has 60 valence electrons. The van der Waals surface area contributed by atoms with Crippen LogP contribution in [0.2, 0.25) is 0 Å². The van der Waals surface area contributed by atoms with E-state index in [4.69, 9.17) is 10.2 Å². The topological polar surface area (TPSA) is 57.5 Å². The van der Waals surface area contributed by atoms with E-state index in [-0.39, 0.29) is 18.3 Å². The van der Waals surface area contributed by atoms with Gasteiger partial charge in [0, 0.05) is 5.92 Å². The van der Waals surface area contributed by atoms with E-state index >= 15 is 0 Å². The number of carbonyl (C=O) groups excluding carboxylic acids is 1. The highest BCUT2D eigenvalue weighted by Gasteiger charge is 2.14. The third-order valence-electron chi connectivity index (χ3n) is 1.42. The van der Waals surface area contributed by atoms with Crippen molar-refractivity contribution in [3.05, 3.63) is 0 Å². The van der Waals surface area contributed by atoms with Crippen LogP contribution in [0.1, 0.15) is 20.3 Å². The van der Waals surface area contributed by atoms with E-state index in [0.717, 1.165) is 0 Å². The van der Waals surface area contributed by atoms with Crippen LogP contribution in [0.25, 0.3) is 0 Å². The van der Waals surface area contributed by atoms with Gasteiger partial charge in [-0.15, -0.1) is 0 Å². The van der Waals surface area contributed by atoms with E-state index < -0.39 is 6.10 Å². The molecule has 0 fully saturated rings. The molecule has 2 atom stereocenters. The summed E-state index contributed by atoms with van der Waals surface area (Å²) < 4.78 is 0. The van der Waals surface area contributed by atoms with Crippen LogP contribution in [0.3, 0.4) is 0 Å². The van der Waals surface area contributed by atoms with E-state index in [0.29, 0.717) is 6.42 Å². The Balaban J connectivity index is 3.72. The molecular formula is C7H14O3. The van der Waals surface area contributed by atoms with Crippen molar-refractivity contribution in [2.45, 2.75) is 26.4 Å². The first-order chi connectivity index (χ1) is 4.57. The first-order valence-electron chi connectivity index (χ1n) is 3.37. The van der Waals surface area contributed by atoms with E-state index in [9.17, 15) is 4.79 Å². The summed E-state index contributed by atoms with van der Waals surface area (Å²) in [7, 11) is 0. The summed E-state index contributed by atoms with van der Waals surface area (Å²) in [5, 5.41) is 17.5. The standard InChI is InChI=1S/C7H14O3/c1-5(9)3-7(4-8)6(2)10/h5,7-9H,3-4H2,1-2H3. The maximum absolute atomic E-state index is 10.6. The number of hydrogen-bond acceptors (Lipinski definition) is 3. The molecule has 0 radical (unpaired) electrons. The highest BCUT2D eigenvalue weighted by Crippen LogP contribution is 2.06. The highest BCUT2D eigenvalue weighted by atomic mass is 16.3. The van der Waals surface area contributed by atoms with Crippen molar-refractivity contribution in [2.75, 3.05) is 6.61 Å². The second kappa shape index (κ2) is 4.41. The Morgan fingerprint density at radius 2 is 2.10 bits per heavy atom. The lowest BCUT2D eigenvalue weighted by atomic mass is 9.99. The second-order valence-corrected chi connectivity index (χ2v) is 2.57. The largest absolute Gasteiger partial charge is 0.396 e. The van der Waals surface area contributed by atoms with Crippen molar-refractivity contribution in [3.8, 4) is 0 Å². The van der Waals surface area contributed by atoms with Crippen LogP contribution in [-0.4, -0.2) is 28.7 Å². The molecule has 0 aliphatic rings. The molecule has 0 aromatic carbocycles. The van der Waals surface area contributed by atoms with Gasteiger partial charge in [-0.3, -0.25) is 4.79 Å². The Morgan fingerprint density at radius 1 is 1.60 bits per heavy atom. The monoisotopic (exact) mass is 146 g/mol. The van der Waals surface area contributed by atoms with Crippen LogP contribution in [0, 0.1) is 5.92 Å². The minimum absolute atomic E-state index is 0.0663. The van der Waals surface area contributed by atoms with Gasteiger partial charge in [-0.1, -0.05) is 0 Å². The maximum atomic E-state index is 10.6. The molecule has 0 heterocycles. The zero-order chi connectivity index (χ0) is 8.15. The number of hydrogen-bond donors (Lipinski definition) is 2. The van der Waals surface area contributed by atoms with Gasteiger partial charge in [-0.05, 0) is 20.3 Å². The third-order valence-corrected chi connectivity index (χ3v) is 1.42. The normalized spacial score (nSPS) is 16.4. The van der Waals surface area contributed by atoms with Crippen LogP contribution >= 0.6 is 0 Å². The van der Waals surface area contributed by atoms with E-state index in [2.05, 4.69) is 0 Å². The third kappa shape index (κ3) is 3.58. The van der Waals surface area contributed by atoms with Crippen LogP contribution < -0.4 is 0 Å². The van der Waals surface area contributed by atoms with Gasteiger partial charge >= 0.3 is 0 Å². The van der Waals surface area contributed by atoms with Gasteiger partial charge in [0.2, 0.25) is 0 Å². The van der Waals surface area contributed by atoms with Crippen molar-refractivity contribution in [2.24, 2.45) is 5.92 Å². The van der Waals surface area contributed by atoms with E-state index in [1.54, 1.807) is 6.92 Å². The van der Waals surface area contributed by atoms with Gasteiger partial charge in [0.25, 0.3) is 0 Å². The summed E-state index contributed by atoms with van der Waals surface area (Å²) in [6.45, 7) is 2.86. The lowest BCUT2D eigenvalue weighted by Crippen LogP contribution is -2.20. The molecular weight excluding hydrogens is 132 g/mol. The van der Waals surface area contributed by atoms with E-state index in [1.807, 2.05) is 0 Å². The molecule has 0 aromatic heterocycles. The lowest BCUT2D eigenvalue weighted by Gasteiger charge is -2.11. The molecule has 0 aliphatic heterocycles. The molecule has 0 rings (SSSR count). The number of Topliss-reactive ketones (excluding diaryl/α,β-unsaturated/α-hetero) is 1. The zero-order valence-electron chi connectivity index (χ0n) is 6.37. The smallest absolute Gasteiger partial charge is 0.135 e. The van der Waals surface area contributed by atoms with Crippen molar-refractivity contribution < 1.29 is 15.0 Å². The van der Waals surface area contributed by atoms with Crippen LogP contribution in [-0.2, 0) is 4.79 Å². The first-order valence-corrected chi connectivity index (χ1v) is 3.37. The molecule has 0 saturated heterocycles. The second-order valence-electron chi connectivity index (χ2n) is 2.57. The van der Waals surface area contributed by atoms with Gasteiger partial charge in [-0.2, -0.15) is 0 Å². The summed E-state index contributed by atoms with van der Waals surface area (Å²) in [5.74, 6) is -0.455. The SMILES string of the molecule is CC(=O)C(CO)CC(C)O. The predicted molar refractivity (Wildman–Crippen MR) is 37.6 cm³/mol. The van der Waals surface area contributed by atoms with Crippen molar-refractivity contribution in [3.63, 3.8) is 0 Å². The van der Waals surface area contributed by atoms with E-state index in [1.165, 1.54) is 6.92 Å². The molecule has 0 spiro atoms. The van der Waals surface area contributed by atoms with Crippen molar-refractivity contribution in [1.82, 2.24) is 0 Å². The quantitative estimate of drug-likeness (QED) is 0.585. The highest BCUT2D eigenvalue weighted by molar-refractivity contribution is 5.78. The fraction of sp³-hybridized carbons (Fsp3) is 0.857. The number of aliphatic hydroxyl groups excluding tert-OH is 2. The molecule has 2 unspecified atom stereocenters. The Hall–Kier alpha value is -0.410. The van der Waals surface area contributed by atoms with Gasteiger partial charge in [0.05, 0.1) is 12.7 Å². The fourth-order valence-corrected chi connectivity index (χ4v) is 0.781. The number of rotatable bonds is 4. The molecule has 0 amide bonds. The van der Waals surface area contributed by atoms with Crippen LogP contribution in [0.4, 0.5) is 0 Å². The Kier molecular flexibility index (Phi) is 4.23. The summed E-state index contributed by atoms with van der Waals surface area (Å²) in [5.41, 5.74) is 0. The summed E-state index contributed by atoms with van der Waals surface area (Å²) in [6, 6.07) is 0. The minimum Gasteiger partial charge on any atom is -0.396 e. The van der Waals surface area contributed by atoms with Crippen LogP contribution in [0.15, 0.2) is 0 Å². The fourth-order valence-electron chi connectivity index (χ4n) is 0.781. The molecule has 0 bridgehead atoms. The summed E-state index contributed by atoms with van der Waals surface area (Å²) in [6.07, 6.45) is -0.160. The molecule has 0 aliphatic carbocycles. The Bertz CT molecular complexity index is 109. The summed E-state index contributed by atoms with van der Waals surface area (Å²) in [4.78, 5) is 10.6. The van der Waals surface area contributed by atoms with Gasteiger partial charge in [-0.25, -0.2) is 0 Å². The molecule has 3 nitrogen and oxygen atoms in total. The molecule has 10 heavy (non-hydrogen) atoms. The maximum Gasteiger partial charge on any atom is 0.135 e. The predicted octanol–water partition coefficient (Wildman–Crippen LogP) is -0.0452. The first kappa shape index (κ1) is 9.59. The van der Waals surface area contributed by atoms with Gasteiger partial charge in [0.15, 0.2) is 0 Å². The number of carbonyl (C=O) groups is 1. The Morgan fingerprint density at radius 3 is 2.20 bits per heavy atom. The number of aliphatic hydroxyl groups is 2. The average molecular weight is 146 g/mol. The van der Waals surface area contributed by atoms with Gasteiger partial charge in [0.1, 0.15) is 5.78 Å². The molecule has 2 N–H and O–H groups in total. The van der Waals surface area contributed by atoms with Crippen molar-refractivity contribution >= 4 is 5.78 Å². The molecule has 0 aromatic rings. The van der Waals surface area contributed by atoms with Crippen molar-refractivity contribution in [1.29, 1.82) is 0 Å². The lowest BCUT2D eigenvalue weighted by molar-refractivity contribution is -0.122. The summed E-state index contributed by atoms with van der Waals surface area (Å²) >= 11 is 0. The zero-order valence-corrected chi connectivity index (χ0v) is 6.37. The van der Waals surface area contributed by atoms with Crippen LogP contribution in [0.5, 0.6) is 0 Å². The number of ketones is 1. The molecule has 3 heteroatoms. The Labute approximate surface area is 60.7 Å². The average Bonchev–Trinajstić information content (AvgIpc) is 1.81. The molecule has 0 saturated carbocycles.